The minimum Gasteiger partial charge on any atom is -0.411 e. The van der Waals surface area contributed by atoms with E-state index in [9.17, 15) is 13.2 Å². The number of sulfone groups is 1. The molecule has 28 heavy (non-hydrogen) atoms. The van der Waals surface area contributed by atoms with Crippen LogP contribution >= 0.6 is 11.8 Å². The van der Waals surface area contributed by atoms with Gasteiger partial charge in [0.05, 0.1) is 16.8 Å². The molecule has 0 bridgehead atoms. The van der Waals surface area contributed by atoms with Gasteiger partial charge in [-0.05, 0) is 46.2 Å². The van der Waals surface area contributed by atoms with Crippen LogP contribution in [0.1, 0.15) is 31.4 Å². The summed E-state index contributed by atoms with van der Waals surface area (Å²) in [5.41, 5.74) is 3.06. The SMILES string of the molecule is CCN(C(=O)[C@@H](C)Sc1nnc(-c2cc(C)cc(C)c2)o1)[C@H]1CCS(=O)(=O)C1. The van der Waals surface area contributed by atoms with Gasteiger partial charge in [0.2, 0.25) is 11.8 Å². The van der Waals surface area contributed by atoms with E-state index in [0.717, 1.165) is 16.7 Å². The van der Waals surface area contributed by atoms with Crippen LogP contribution in [0.4, 0.5) is 0 Å². The number of thioether (sulfide) groups is 1. The lowest BCUT2D eigenvalue weighted by molar-refractivity contribution is -0.131. The van der Waals surface area contributed by atoms with Crippen LogP contribution in [0.25, 0.3) is 11.5 Å². The van der Waals surface area contributed by atoms with Crippen LogP contribution < -0.4 is 0 Å². The average molecular weight is 424 g/mol. The third-order valence-electron chi connectivity index (χ3n) is 4.77. The molecule has 152 valence electrons. The Morgan fingerprint density at radius 2 is 1.96 bits per heavy atom. The average Bonchev–Trinajstić information content (AvgIpc) is 3.21. The van der Waals surface area contributed by atoms with Crippen LogP contribution in [0.5, 0.6) is 0 Å². The summed E-state index contributed by atoms with van der Waals surface area (Å²) in [4.78, 5) is 14.5. The highest BCUT2D eigenvalue weighted by Gasteiger charge is 2.35. The van der Waals surface area contributed by atoms with Gasteiger partial charge in [-0.3, -0.25) is 4.79 Å². The van der Waals surface area contributed by atoms with Gasteiger partial charge in [0, 0.05) is 18.2 Å². The first-order chi connectivity index (χ1) is 13.2. The highest BCUT2D eigenvalue weighted by Crippen LogP contribution is 2.29. The molecule has 7 nitrogen and oxygen atoms in total. The molecule has 1 aliphatic rings. The summed E-state index contributed by atoms with van der Waals surface area (Å²) in [6.45, 7) is 8.13. The molecular formula is C19H25N3O4S2. The molecule has 1 aromatic heterocycles. The molecule has 2 heterocycles. The van der Waals surface area contributed by atoms with E-state index < -0.39 is 15.1 Å². The maximum absolute atomic E-state index is 12.9. The second kappa shape index (κ2) is 8.24. The molecule has 2 aromatic rings. The fraction of sp³-hybridized carbons (Fsp3) is 0.526. The molecule has 0 N–H and O–H groups in total. The number of carbonyl (C=O) groups excluding carboxylic acids is 1. The maximum atomic E-state index is 12.9. The lowest BCUT2D eigenvalue weighted by atomic mass is 10.1. The van der Waals surface area contributed by atoms with Gasteiger partial charge in [-0.15, -0.1) is 10.2 Å². The van der Waals surface area contributed by atoms with E-state index >= 15 is 0 Å². The third-order valence-corrected chi connectivity index (χ3v) is 7.45. The van der Waals surface area contributed by atoms with Crippen molar-refractivity contribution in [2.24, 2.45) is 0 Å². The predicted molar refractivity (Wildman–Crippen MR) is 109 cm³/mol. The minimum atomic E-state index is -3.04. The van der Waals surface area contributed by atoms with Crippen LogP contribution in [-0.4, -0.2) is 58.8 Å². The molecule has 0 spiro atoms. The van der Waals surface area contributed by atoms with E-state index in [-0.39, 0.29) is 23.5 Å². The van der Waals surface area contributed by atoms with Crippen molar-refractivity contribution in [1.29, 1.82) is 0 Å². The van der Waals surface area contributed by atoms with Crippen molar-refractivity contribution in [3.05, 3.63) is 29.3 Å². The van der Waals surface area contributed by atoms with E-state index in [1.807, 2.05) is 32.9 Å². The van der Waals surface area contributed by atoms with Crippen LogP contribution in [0, 0.1) is 13.8 Å². The van der Waals surface area contributed by atoms with Gasteiger partial charge in [-0.2, -0.15) is 0 Å². The first kappa shape index (κ1) is 20.9. The van der Waals surface area contributed by atoms with E-state index in [1.165, 1.54) is 11.8 Å². The van der Waals surface area contributed by atoms with Gasteiger partial charge >= 0.3 is 0 Å². The van der Waals surface area contributed by atoms with Crippen molar-refractivity contribution in [3.63, 3.8) is 0 Å². The Morgan fingerprint density at radius 1 is 1.29 bits per heavy atom. The van der Waals surface area contributed by atoms with Gasteiger partial charge in [0.25, 0.3) is 5.22 Å². The Labute approximate surface area is 169 Å². The summed E-state index contributed by atoms with van der Waals surface area (Å²) in [6, 6.07) is 5.77. The monoisotopic (exact) mass is 423 g/mol. The largest absolute Gasteiger partial charge is 0.411 e. The number of rotatable bonds is 6. The molecule has 2 atom stereocenters. The van der Waals surface area contributed by atoms with E-state index in [1.54, 1.807) is 11.8 Å². The highest BCUT2D eigenvalue weighted by atomic mass is 32.2. The first-order valence-electron chi connectivity index (χ1n) is 9.28. The van der Waals surface area contributed by atoms with Gasteiger partial charge in [0.15, 0.2) is 9.84 Å². The number of aromatic nitrogens is 2. The zero-order chi connectivity index (χ0) is 20.5. The first-order valence-corrected chi connectivity index (χ1v) is 12.0. The number of carbonyl (C=O) groups is 1. The van der Waals surface area contributed by atoms with E-state index in [4.69, 9.17) is 4.42 Å². The summed E-state index contributed by atoms with van der Waals surface area (Å²) in [5.74, 6) is 0.497. The molecule has 0 saturated carbocycles. The van der Waals surface area contributed by atoms with Gasteiger partial charge < -0.3 is 9.32 Å². The number of amides is 1. The quantitative estimate of drug-likeness (QED) is 0.660. The second-order valence-corrected chi connectivity index (χ2v) is 10.7. The number of hydrogen-bond acceptors (Lipinski definition) is 7. The fourth-order valence-electron chi connectivity index (χ4n) is 3.52. The van der Waals surface area contributed by atoms with Crippen LogP contribution in [-0.2, 0) is 14.6 Å². The molecule has 1 aromatic carbocycles. The van der Waals surface area contributed by atoms with Crippen molar-refractivity contribution < 1.29 is 17.6 Å². The van der Waals surface area contributed by atoms with Gasteiger partial charge in [-0.25, -0.2) is 8.42 Å². The van der Waals surface area contributed by atoms with E-state index in [0.29, 0.717) is 24.1 Å². The van der Waals surface area contributed by atoms with Crippen molar-refractivity contribution >= 4 is 27.5 Å². The summed E-state index contributed by atoms with van der Waals surface area (Å²) in [5, 5.41) is 8.04. The molecule has 1 fully saturated rings. The van der Waals surface area contributed by atoms with Crippen molar-refractivity contribution in [2.45, 2.75) is 50.6 Å². The third kappa shape index (κ3) is 4.75. The smallest absolute Gasteiger partial charge is 0.277 e. The van der Waals surface area contributed by atoms with Crippen molar-refractivity contribution in [3.8, 4) is 11.5 Å². The molecule has 1 amide bonds. The Morgan fingerprint density at radius 3 is 2.54 bits per heavy atom. The standard InChI is InChI=1S/C19H25N3O4S2/c1-5-22(16-6-7-28(24,25)11-16)18(23)14(4)27-19-21-20-17(26-19)15-9-12(2)8-13(3)10-15/h8-10,14,16H,5-7,11H2,1-4H3/t14-,16+/m1/s1. The predicted octanol–water partition coefficient (Wildman–Crippen LogP) is 2.87. The number of hydrogen-bond donors (Lipinski definition) is 0. The van der Waals surface area contributed by atoms with Gasteiger partial charge in [0.1, 0.15) is 0 Å². The Balaban J connectivity index is 1.69. The van der Waals surface area contributed by atoms with Crippen molar-refractivity contribution in [2.75, 3.05) is 18.1 Å². The Hall–Kier alpha value is -1.87. The molecule has 0 aliphatic carbocycles. The van der Waals surface area contributed by atoms with Crippen LogP contribution in [0.15, 0.2) is 27.8 Å². The molecular weight excluding hydrogens is 398 g/mol. The Bertz CT molecular complexity index is 951. The molecule has 9 heteroatoms. The van der Waals surface area contributed by atoms with Crippen LogP contribution in [0.3, 0.4) is 0 Å². The molecule has 1 saturated heterocycles. The zero-order valence-corrected chi connectivity index (χ0v) is 18.1. The topological polar surface area (TPSA) is 93.4 Å². The van der Waals surface area contributed by atoms with E-state index in [2.05, 4.69) is 16.3 Å². The Kier molecular flexibility index (Phi) is 6.14. The normalized spacial score (nSPS) is 19.5. The minimum absolute atomic E-state index is 0.0430. The highest BCUT2D eigenvalue weighted by molar-refractivity contribution is 8.00. The fourth-order valence-corrected chi connectivity index (χ4v) is 6.01. The summed E-state index contributed by atoms with van der Waals surface area (Å²) in [6.07, 6.45) is 0.497. The summed E-state index contributed by atoms with van der Waals surface area (Å²) >= 11 is 1.20. The number of nitrogens with zero attached hydrogens (tertiary/aromatic N) is 3. The molecule has 0 unspecified atom stereocenters. The molecule has 1 aliphatic heterocycles. The maximum Gasteiger partial charge on any atom is 0.277 e. The number of benzene rings is 1. The molecule has 3 rings (SSSR count). The lowest BCUT2D eigenvalue weighted by Gasteiger charge is -2.28. The summed E-state index contributed by atoms with van der Waals surface area (Å²) < 4.78 is 29.3. The summed E-state index contributed by atoms with van der Waals surface area (Å²) in [7, 11) is -3.04. The second-order valence-electron chi connectivity index (χ2n) is 7.19. The molecule has 0 radical (unpaired) electrons. The van der Waals surface area contributed by atoms with Gasteiger partial charge in [-0.1, -0.05) is 29.0 Å². The van der Waals surface area contributed by atoms with Crippen molar-refractivity contribution in [1.82, 2.24) is 15.1 Å². The zero-order valence-electron chi connectivity index (χ0n) is 16.5. The lowest BCUT2D eigenvalue weighted by Crippen LogP contribution is -2.44. The number of aryl methyl sites for hydroxylation is 2. The van der Waals surface area contributed by atoms with Crippen LogP contribution in [0.2, 0.25) is 0 Å².